The lowest BCUT2D eigenvalue weighted by molar-refractivity contribution is -0.140. The van der Waals surface area contributed by atoms with Crippen molar-refractivity contribution in [1.29, 1.82) is 0 Å². The molecule has 0 saturated carbocycles. The fraction of sp³-hybridized carbons (Fsp3) is 0.333. The highest BCUT2D eigenvalue weighted by Gasteiger charge is 2.10. The van der Waals surface area contributed by atoms with Gasteiger partial charge in [0, 0.05) is 6.54 Å². The largest absolute Gasteiger partial charge is 0.469 e. The molecule has 5 nitrogen and oxygen atoms in total. The fourth-order valence-electron chi connectivity index (χ4n) is 1.85. The summed E-state index contributed by atoms with van der Waals surface area (Å²) >= 11 is 0. The van der Waals surface area contributed by atoms with E-state index in [-0.39, 0.29) is 5.97 Å². The molecule has 0 aliphatic carbocycles. The number of carbonyl (C=O) groups excluding carboxylic acids is 1. The third kappa shape index (κ3) is 2.08. The molecular weight excluding hydrogens is 218 g/mol. The normalized spacial score (nSPS) is 10.7. The molecule has 1 aromatic carbocycles. The molecule has 5 heteroatoms. The maximum atomic E-state index is 11.1. The number of hydrogen-bond donors (Lipinski definition) is 1. The molecule has 17 heavy (non-hydrogen) atoms. The number of ether oxygens (including phenoxy) is 1. The Morgan fingerprint density at radius 1 is 1.53 bits per heavy atom. The smallest absolute Gasteiger partial charge is 0.307 e. The van der Waals surface area contributed by atoms with Gasteiger partial charge in [-0.05, 0) is 18.6 Å². The SMILES string of the molecule is COC(=O)CCn1c(N)nc2c(C)cccc21. The number of esters is 1. The molecule has 0 radical (unpaired) electrons. The quantitative estimate of drug-likeness (QED) is 0.815. The Morgan fingerprint density at radius 3 is 3.00 bits per heavy atom. The van der Waals surface area contributed by atoms with E-state index < -0.39 is 0 Å². The van der Waals surface area contributed by atoms with Gasteiger partial charge >= 0.3 is 5.97 Å². The predicted octanol–water partition coefficient (Wildman–Crippen LogP) is 1.49. The summed E-state index contributed by atoms with van der Waals surface area (Å²) in [6, 6.07) is 5.88. The van der Waals surface area contributed by atoms with Crippen molar-refractivity contribution in [3.8, 4) is 0 Å². The van der Waals surface area contributed by atoms with Crippen molar-refractivity contribution >= 4 is 23.0 Å². The lowest BCUT2D eigenvalue weighted by atomic mass is 10.2. The molecule has 2 N–H and O–H groups in total. The molecule has 0 aliphatic rings. The first-order valence-electron chi connectivity index (χ1n) is 5.41. The van der Waals surface area contributed by atoms with Crippen LogP contribution in [0.1, 0.15) is 12.0 Å². The van der Waals surface area contributed by atoms with Crippen LogP contribution in [0, 0.1) is 6.92 Å². The fourth-order valence-corrected chi connectivity index (χ4v) is 1.85. The molecule has 0 spiro atoms. The first-order chi connectivity index (χ1) is 8.13. The number of nitrogens with two attached hydrogens (primary N) is 1. The third-order valence-corrected chi connectivity index (χ3v) is 2.78. The van der Waals surface area contributed by atoms with E-state index in [4.69, 9.17) is 5.73 Å². The van der Waals surface area contributed by atoms with Crippen LogP contribution in [0.15, 0.2) is 18.2 Å². The van der Waals surface area contributed by atoms with Gasteiger partial charge in [-0.2, -0.15) is 0 Å². The lowest BCUT2D eigenvalue weighted by Crippen LogP contribution is -2.09. The molecule has 1 aromatic heterocycles. The molecule has 0 atom stereocenters. The van der Waals surface area contributed by atoms with Gasteiger partial charge < -0.3 is 15.0 Å². The Labute approximate surface area is 99.2 Å². The number of benzene rings is 1. The first-order valence-corrected chi connectivity index (χ1v) is 5.41. The monoisotopic (exact) mass is 233 g/mol. The zero-order valence-electron chi connectivity index (χ0n) is 9.93. The van der Waals surface area contributed by atoms with Crippen LogP contribution in [-0.2, 0) is 16.1 Å². The predicted molar refractivity (Wildman–Crippen MR) is 65.5 cm³/mol. The van der Waals surface area contributed by atoms with Crippen LogP contribution in [-0.4, -0.2) is 22.6 Å². The molecule has 0 amide bonds. The number of para-hydroxylation sites is 1. The van der Waals surface area contributed by atoms with E-state index in [1.54, 1.807) is 0 Å². The number of hydrogen-bond acceptors (Lipinski definition) is 4. The third-order valence-electron chi connectivity index (χ3n) is 2.78. The average molecular weight is 233 g/mol. The van der Waals surface area contributed by atoms with Crippen LogP contribution < -0.4 is 5.73 Å². The van der Waals surface area contributed by atoms with Crippen LogP contribution >= 0.6 is 0 Å². The lowest BCUT2D eigenvalue weighted by Gasteiger charge is -2.05. The number of imidazole rings is 1. The second-order valence-corrected chi connectivity index (χ2v) is 3.89. The Hall–Kier alpha value is -2.04. The Kier molecular flexibility index (Phi) is 2.99. The molecule has 0 bridgehead atoms. The summed E-state index contributed by atoms with van der Waals surface area (Å²) < 4.78 is 6.44. The topological polar surface area (TPSA) is 70.1 Å². The summed E-state index contributed by atoms with van der Waals surface area (Å²) in [5, 5.41) is 0. The summed E-state index contributed by atoms with van der Waals surface area (Å²) in [4.78, 5) is 15.4. The van der Waals surface area contributed by atoms with Crippen molar-refractivity contribution < 1.29 is 9.53 Å². The molecule has 0 aliphatic heterocycles. The Bertz CT molecular complexity index is 560. The minimum atomic E-state index is -0.251. The molecule has 2 rings (SSSR count). The van der Waals surface area contributed by atoms with E-state index >= 15 is 0 Å². The van der Waals surface area contributed by atoms with Gasteiger partial charge in [0.1, 0.15) is 0 Å². The van der Waals surface area contributed by atoms with Crippen molar-refractivity contribution in [3.63, 3.8) is 0 Å². The molecule has 0 unspecified atom stereocenters. The second kappa shape index (κ2) is 4.45. The summed E-state index contributed by atoms with van der Waals surface area (Å²) in [5.74, 6) is 0.178. The van der Waals surface area contributed by atoms with Crippen LogP contribution in [0.5, 0.6) is 0 Å². The Morgan fingerprint density at radius 2 is 2.29 bits per heavy atom. The van der Waals surface area contributed by atoms with Crippen molar-refractivity contribution in [1.82, 2.24) is 9.55 Å². The van der Waals surface area contributed by atoms with Gasteiger partial charge in [-0.1, -0.05) is 12.1 Å². The van der Waals surface area contributed by atoms with Gasteiger partial charge in [-0.15, -0.1) is 0 Å². The number of nitrogen functional groups attached to an aromatic ring is 1. The molecule has 0 saturated heterocycles. The number of fused-ring (bicyclic) bond motifs is 1. The first kappa shape index (κ1) is 11.4. The molecule has 2 aromatic rings. The van der Waals surface area contributed by atoms with Crippen molar-refractivity contribution in [2.24, 2.45) is 0 Å². The van der Waals surface area contributed by atoms with E-state index in [2.05, 4.69) is 9.72 Å². The average Bonchev–Trinajstić information content (AvgIpc) is 2.64. The van der Waals surface area contributed by atoms with Crippen LogP contribution in [0.3, 0.4) is 0 Å². The van der Waals surface area contributed by atoms with Gasteiger partial charge in [-0.25, -0.2) is 4.98 Å². The number of rotatable bonds is 3. The molecule has 1 heterocycles. The maximum absolute atomic E-state index is 11.1. The van der Waals surface area contributed by atoms with E-state index in [1.807, 2.05) is 29.7 Å². The standard InChI is InChI=1S/C12H15N3O2/c1-8-4-3-5-9-11(8)14-12(13)15(9)7-6-10(16)17-2/h3-5H,6-7H2,1-2H3,(H2,13,14). The van der Waals surface area contributed by atoms with Crippen LogP contribution in [0.4, 0.5) is 5.95 Å². The van der Waals surface area contributed by atoms with Gasteiger partial charge in [0.15, 0.2) is 0 Å². The minimum absolute atomic E-state index is 0.251. The second-order valence-electron chi connectivity index (χ2n) is 3.89. The van der Waals surface area contributed by atoms with Gasteiger partial charge in [0.2, 0.25) is 5.95 Å². The number of aryl methyl sites for hydroxylation is 2. The number of methoxy groups -OCH3 is 1. The van der Waals surface area contributed by atoms with E-state index in [9.17, 15) is 4.79 Å². The van der Waals surface area contributed by atoms with E-state index in [1.165, 1.54) is 7.11 Å². The van der Waals surface area contributed by atoms with Gasteiger partial charge in [0.05, 0.1) is 24.6 Å². The number of carbonyl (C=O) groups is 1. The van der Waals surface area contributed by atoms with E-state index in [0.717, 1.165) is 16.6 Å². The molecule has 0 fully saturated rings. The molecular formula is C12H15N3O2. The Balaban J connectivity index is 2.37. The molecule has 90 valence electrons. The number of anilines is 1. The minimum Gasteiger partial charge on any atom is -0.469 e. The highest BCUT2D eigenvalue weighted by Crippen LogP contribution is 2.21. The van der Waals surface area contributed by atoms with Crippen molar-refractivity contribution in [2.75, 3.05) is 12.8 Å². The van der Waals surface area contributed by atoms with Crippen molar-refractivity contribution in [2.45, 2.75) is 19.9 Å². The van der Waals surface area contributed by atoms with Crippen LogP contribution in [0.25, 0.3) is 11.0 Å². The zero-order valence-corrected chi connectivity index (χ0v) is 9.93. The number of nitrogens with zero attached hydrogens (tertiary/aromatic N) is 2. The van der Waals surface area contributed by atoms with Crippen LogP contribution in [0.2, 0.25) is 0 Å². The van der Waals surface area contributed by atoms with E-state index in [0.29, 0.717) is 18.9 Å². The highest BCUT2D eigenvalue weighted by atomic mass is 16.5. The highest BCUT2D eigenvalue weighted by molar-refractivity contribution is 5.81. The van der Waals surface area contributed by atoms with Gasteiger partial charge in [-0.3, -0.25) is 4.79 Å². The summed E-state index contributed by atoms with van der Waals surface area (Å²) in [7, 11) is 1.38. The summed E-state index contributed by atoms with van der Waals surface area (Å²) in [6.45, 7) is 2.47. The number of aromatic nitrogens is 2. The van der Waals surface area contributed by atoms with Crippen molar-refractivity contribution in [3.05, 3.63) is 23.8 Å². The summed E-state index contributed by atoms with van der Waals surface area (Å²) in [6.07, 6.45) is 0.292. The van der Waals surface area contributed by atoms with Gasteiger partial charge in [0.25, 0.3) is 0 Å². The summed E-state index contributed by atoms with van der Waals surface area (Å²) in [5.41, 5.74) is 8.76. The zero-order chi connectivity index (χ0) is 12.4. The maximum Gasteiger partial charge on any atom is 0.307 e.